The van der Waals surface area contributed by atoms with Crippen molar-refractivity contribution in [3.63, 3.8) is 0 Å². The monoisotopic (exact) mass is 463 g/mol. The Kier molecular flexibility index (Phi) is 5.64. The van der Waals surface area contributed by atoms with Crippen LogP contribution in [0, 0.1) is 5.92 Å². The first-order chi connectivity index (χ1) is 16.4. The van der Waals surface area contributed by atoms with E-state index in [-0.39, 0.29) is 11.7 Å². The maximum Gasteiger partial charge on any atom is 0.289 e. The molecule has 2 amide bonds. The zero-order chi connectivity index (χ0) is 23.8. The average molecular weight is 463 g/mol. The van der Waals surface area contributed by atoms with Crippen LogP contribution in [0.2, 0.25) is 0 Å². The predicted molar refractivity (Wildman–Crippen MR) is 124 cm³/mol. The molecule has 0 spiro atoms. The van der Waals surface area contributed by atoms with Gasteiger partial charge in [-0.3, -0.25) is 14.4 Å². The van der Waals surface area contributed by atoms with E-state index >= 15 is 0 Å². The van der Waals surface area contributed by atoms with E-state index in [4.69, 9.17) is 9.47 Å². The van der Waals surface area contributed by atoms with Gasteiger partial charge in [-0.15, -0.1) is 0 Å². The highest BCUT2D eigenvalue weighted by molar-refractivity contribution is 6.00. The summed E-state index contributed by atoms with van der Waals surface area (Å²) < 4.78 is 11.5. The third-order valence-corrected chi connectivity index (χ3v) is 5.92. The van der Waals surface area contributed by atoms with E-state index in [0.717, 1.165) is 0 Å². The van der Waals surface area contributed by atoms with Crippen LogP contribution in [0.3, 0.4) is 0 Å². The number of pyridine rings is 1. The summed E-state index contributed by atoms with van der Waals surface area (Å²) in [6, 6.07) is 8.45. The molecule has 1 saturated carbocycles. The number of carbonyl (C=O) groups is 2. The maximum atomic E-state index is 13.0. The molecule has 0 radical (unpaired) electrons. The largest absolute Gasteiger partial charge is 0.479 e. The Bertz CT molecular complexity index is 1300. The molecule has 2 aliphatic rings. The lowest BCUT2D eigenvalue weighted by Crippen LogP contribution is -2.32. The number of nitrogens with zero attached hydrogens (tertiary/aromatic N) is 4. The van der Waals surface area contributed by atoms with Crippen molar-refractivity contribution in [3.8, 4) is 11.6 Å². The fraction of sp³-hybridized carbons (Fsp3) is 0.375. The van der Waals surface area contributed by atoms with Crippen molar-refractivity contribution in [1.29, 1.82) is 0 Å². The second-order valence-corrected chi connectivity index (χ2v) is 8.79. The van der Waals surface area contributed by atoms with Crippen LogP contribution < -0.4 is 19.9 Å². The van der Waals surface area contributed by atoms with Gasteiger partial charge in [0.05, 0.1) is 23.7 Å². The Labute approximate surface area is 195 Å². The summed E-state index contributed by atoms with van der Waals surface area (Å²) in [5.41, 5.74) is 0.517. The summed E-state index contributed by atoms with van der Waals surface area (Å²) in [5, 5.41) is 0.302. The minimum absolute atomic E-state index is 0.0291. The molecule has 1 atom stereocenters. The lowest BCUT2D eigenvalue weighted by Gasteiger charge is -2.18. The first kappa shape index (κ1) is 21.9. The van der Waals surface area contributed by atoms with Crippen molar-refractivity contribution < 1.29 is 19.1 Å². The molecule has 2 fully saturated rings. The number of carbonyl (C=O) groups excluding carboxylic acids is 2. The lowest BCUT2D eigenvalue weighted by molar-refractivity contribution is -0.122. The molecule has 1 aliphatic heterocycles. The molecule has 10 heteroatoms. The summed E-state index contributed by atoms with van der Waals surface area (Å²) in [7, 11) is 3.17. The molecular formula is C24H25N5O5. The minimum Gasteiger partial charge on any atom is -0.479 e. The number of nitrogens with one attached hydrogen (secondary N) is 1. The Hall–Kier alpha value is -3.95. The Balaban J connectivity index is 1.29. The van der Waals surface area contributed by atoms with Crippen molar-refractivity contribution >= 4 is 28.4 Å². The van der Waals surface area contributed by atoms with E-state index in [1.807, 2.05) is 0 Å². The van der Waals surface area contributed by atoms with Gasteiger partial charge in [0, 0.05) is 38.8 Å². The second kappa shape index (κ2) is 8.77. The van der Waals surface area contributed by atoms with Gasteiger partial charge in [0.2, 0.25) is 5.88 Å². The van der Waals surface area contributed by atoms with Crippen LogP contribution in [-0.4, -0.2) is 65.0 Å². The molecule has 1 aliphatic carbocycles. The number of aromatic nitrogens is 3. The van der Waals surface area contributed by atoms with Crippen molar-refractivity contribution in [2.45, 2.75) is 25.4 Å². The van der Waals surface area contributed by atoms with Gasteiger partial charge in [-0.05, 0) is 43.0 Å². The topological polar surface area (TPSA) is 118 Å². The zero-order valence-electron chi connectivity index (χ0n) is 19.0. The second-order valence-electron chi connectivity index (χ2n) is 8.79. The van der Waals surface area contributed by atoms with Crippen LogP contribution >= 0.6 is 0 Å². The van der Waals surface area contributed by atoms with E-state index in [2.05, 4.69) is 15.0 Å². The SMILES string of the molecule is CN(C)C(=O)c1nc2ccc(N3CC[C@@H](Oc4ccc(OCC5CC5)nc4)C3=O)cc2c(=O)[nH]1. The summed E-state index contributed by atoms with van der Waals surface area (Å²) in [6.07, 6.45) is 3.84. The molecule has 176 valence electrons. The smallest absolute Gasteiger partial charge is 0.289 e. The Morgan fingerprint density at radius 3 is 2.71 bits per heavy atom. The number of rotatable bonds is 7. The van der Waals surface area contributed by atoms with Gasteiger partial charge in [-0.2, -0.15) is 0 Å². The number of fused-ring (bicyclic) bond motifs is 1. The van der Waals surface area contributed by atoms with Crippen LogP contribution in [0.1, 0.15) is 29.9 Å². The molecule has 3 heterocycles. The van der Waals surface area contributed by atoms with Gasteiger partial charge in [-0.25, -0.2) is 9.97 Å². The van der Waals surface area contributed by atoms with Crippen LogP contribution in [0.5, 0.6) is 11.6 Å². The summed E-state index contributed by atoms with van der Waals surface area (Å²) >= 11 is 0. The normalized spacial score (nSPS) is 17.8. The summed E-state index contributed by atoms with van der Waals surface area (Å²) in [5.74, 6) is 1.06. The van der Waals surface area contributed by atoms with Gasteiger partial charge in [0.1, 0.15) is 5.75 Å². The third-order valence-electron chi connectivity index (χ3n) is 5.92. The fourth-order valence-electron chi connectivity index (χ4n) is 3.80. The van der Waals surface area contributed by atoms with Gasteiger partial charge in [-0.1, -0.05) is 0 Å². The number of benzene rings is 1. The first-order valence-corrected chi connectivity index (χ1v) is 11.2. The van der Waals surface area contributed by atoms with Crippen LogP contribution in [-0.2, 0) is 4.79 Å². The molecule has 1 aromatic carbocycles. The van der Waals surface area contributed by atoms with Crippen molar-refractivity contribution in [3.05, 3.63) is 52.7 Å². The number of hydrogen-bond acceptors (Lipinski definition) is 7. The third kappa shape index (κ3) is 4.43. The van der Waals surface area contributed by atoms with Crippen LogP contribution in [0.15, 0.2) is 41.3 Å². The van der Waals surface area contributed by atoms with Crippen molar-refractivity contribution in [1.82, 2.24) is 19.9 Å². The van der Waals surface area contributed by atoms with E-state index in [1.165, 1.54) is 17.7 Å². The quantitative estimate of drug-likeness (QED) is 0.569. The van der Waals surface area contributed by atoms with E-state index < -0.39 is 17.6 Å². The van der Waals surface area contributed by atoms with Gasteiger partial charge < -0.3 is 24.3 Å². The van der Waals surface area contributed by atoms with Crippen LogP contribution in [0.4, 0.5) is 5.69 Å². The van der Waals surface area contributed by atoms with E-state index in [0.29, 0.717) is 53.7 Å². The predicted octanol–water partition coefficient (Wildman–Crippen LogP) is 1.99. The average Bonchev–Trinajstić information content (AvgIpc) is 3.60. The minimum atomic E-state index is -0.646. The number of aromatic amines is 1. The molecule has 0 unspecified atom stereocenters. The van der Waals surface area contributed by atoms with E-state index in [1.54, 1.807) is 55.5 Å². The molecule has 34 heavy (non-hydrogen) atoms. The molecular weight excluding hydrogens is 438 g/mol. The summed E-state index contributed by atoms with van der Waals surface area (Å²) in [6.45, 7) is 1.13. The number of amides is 2. The van der Waals surface area contributed by atoms with Crippen molar-refractivity contribution in [2.24, 2.45) is 5.92 Å². The van der Waals surface area contributed by atoms with Crippen LogP contribution in [0.25, 0.3) is 10.9 Å². The number of ether oxygens (including phenoxy) is 2. The first-order valence-electron chi connectivity index (χ1n) is 11.2. The molecule has 1 saturated heterocycles. The van der Waals surface area contributed by atoms with Gasteiger partial charge in [0.15, 0.2) is 11.9 Å². The highest BCUT2D eigenvalue weighted by Gasteiger charge is 2.34. The summed E-state index contributed by atoms with van der Waals surface area (Å²) in [4.78, 5) is 51.7. The number of hydrogen-bond donors (Lipinski definition) is 1. The molecule has 2 aromatic heterocycles. The standard InChI is InChI=1S/C24H25N5O5/c1-28(2)24(32)21-26-18-7-5-15(11-17(18)22(30)27-21)29-10-9-19(23(29)31)34-16-6-8-20(25-12-16)33-13-14-3-4-14/h5-8,11-12,14,19H,3-4,9-10,13H2,1-2H3,(H,26,27,30)/t19-/m1/s1. The van der Waals surface area contributed by atoms with Crippen molar-refractivity contribution in [2.75, 3.05) is 32.1 Å². The molecule has 10 nitrogen and oxygen atoms in total. The molecule has 3 aromatic rings. The van der Waals surface area contributed by atoms with E-state index in [9.17, 15) is 14.4 Å². The Morgan fingerprint density at radius 1 is 1.18 bits per heavy atom. The zero-order valence-corrected chi connectivity index (χ0v) is 19.0. The molecule has 5 rings (SSSR count). The molecule has 0 bridgehead atoms. The highest BCUT2D eigenvalue weighted by Crippen LogP contribution is 2.30. The number of anilines is 1. The number of H-pyrrole nitrogens is 1. The fourth-order valence-corrected chi connectivity index (χ4v) is 3.80. The molecule has 1 N–H and O–H groups in total. The maximum absolute atomic E-state index is 13.0. The van der Waals surface area contributed by atoms with Gasteiger partial charge in [0.25, 0.3) is 17.4 Å². The van der Waals surface area contributed by atoms with Gasteiger partial charge >= 0.3 is 0 Å². The highest BCUT2D eigenvalue weighted by atomic mass is 16.5. The lowest BCUT2D eigenvalue weighted by atomic mass is 10.2. The Morgan fingerprint density at radius 2 is 2.00 bits per heavy atom.